The summed E-state index contributed by atoms with van der Waals surface area (Å²) >= 11 is 0. The Morgan fingerprint density at radius 2 is 2.00 bits per heavy atom. The van der Waals surface area contributed by atoms with Crippen molar-refractivity contribution in [2.75, 3.05) is 6.61 Å². The highest BCUT2D eigenvalue weighted by atomic mass is 16.5. The maximum absolute atomic E-state index is 11.0. The van der Waals surface area contributed by atoms with E-state index in [1.807, 2.05) is 13.8 Å². The molecule has 0 fully saturated rings. The highest BCUT2D eigenvalue weighted by molar-refractivity contribution is 5.69. The molecule has 4 heteroatoms. The Balaban J connectivity index is 3.44. The average molecular weight is 216 g/mol. The summed E-state index contributed by atoms with van der Waals surface area (Å²) in [6, 6.07) is 0. The fourth-order valence-corrected chi connectivity index (χ4v) is 1.20. The molecule has 1 atom stereocenters. The molecular formula is C11H20O4. The lowest BCUT2D eigenvalue weighted by atomic mass is 10.1. The van der Waals surface area contributed by atoms with Crippen LogP contribution in [0.25, 0.3) is 0 Å². The third-order valence-corrected chi connectivity index (χ3v) is 2.07. The van der Waals surface area contributed by atoms with E-state index >= 15 is 0 Å². The first-order valence-electron chi connectivity index (χ1n) is 5.43. The van der Waals surface area contributed by atoms with Crippen LogP contribution in [0, 0.1) is 5.92 Å². The zero-order chi connectivity index (χ0) is 11.7. The molecule has 1 N–H and O–H groups in total. The summed E-state index contributed by atoms with van der Waals surface area (Å²) < 4.78 is 5.02. The molecule has 0 spiro atoms. The predicted molar refractivity (Wildman–Crippen MR) is 56.5 cm³/mol. The van der Waals surface area contributed by atoms with Gasteiger partial charge in [-0.15, -0.1) is 0 Å². The molecule has 0 heterocycles. The van der Waals surface area contributed by atoms with Gasteiger partial charge in [0.1, 0.15) is 0 Å². The maximum atomic E-state index is 11.0. The lowest BCUT2D eigenvalue weighted by Gasteiger charge is -2.10. The van der Waals surface area contributed by atoms with Crippen molar-refractivity contribution in [2.24, 2.45) is 5.92 Å². The summed E-state index contributed by atoms with van der Waals surface area (Å²) in [5.74, 6) is -0.696. The Morgan fingerprint density at radius 3 is 2.53 bits per heavy atom. The molecule has 0 aromatic heterocycles. The number of hydrogen-bond donors (Lipinski definition) is 1. The Kier molecular flexibility index (Phi) is 7.68. The van der Waals surface area contributed by atoms with Gasteiger partial charge in [-0.3, -0.25) is 9.59 Å². The topological polar surface area (TPSA) is 63.6 Å². The standard InChI is InChI=1S/C11H20O4/c1-3-5-11(14)15-8-9(2)6-4-7-10(12)13/h9H,3-8H2,1-2H3,(H,12,13). The minimum Gasteiger partial charge on any atom is -0.481 e. The summed E-state index contributed by atoms with van der Waals surface area (Å²) in [6.07, 6.45) is 2.87. The molecule has 0 rings (SSSR count). The van der Waals surface area contributed by atoms with Crippen molar-refractivity contribution in [1.82, 2.24) is 0 Å². The van der Waals surface area contributed by atoms with Gasteiger partial charge < -0.3 is 9.84 Å². The Hall–Kier alpha value is -1.06. The second-order valence-corrected chi connectivity index (χ2v) is 3.82. The van der Waals surface area contributed by atoms with Crippen molar-refractivity contribution < 1.29 is 19.4 Å². The number of rotatable bonds is 8. The van der Waals surface area contributed by atoms with Gasteiger partial charge in [-0.1, -0.05) is 13.8 Å². The van der Waals surface area contributed by atoms with E-state index in [-0.39, 0.29) is 18.3 Å². The first kappa shape index (κ1) is 13.9. The molecule has 0 aliphatic rings. The third kappa shape index (κ3) is 9.25. The van der Waals surface area contributed by atoms with E-state index in [4.69, 9.17) is 9.84 Å². The molecule has 88 valence electrons. The van der Waals surface area contributed by atoms with E-state index in [2.05, 4.69) is 0 Å². The van der Waals surface area contributed by atoms with Crippen molar-refractivity contribution in [2.45, 2.75) is 46.0 Å². The molecule has 0 bridgehead atoms. The molecule has 15 heavy (non-hydrogen) atoms. The van der Waals surface area contributed by atoms with Gasteiger partial charge in [0.25, 0.3) is 0 Å². The van der Waals surface area contributed by atoms with Gasteiger partial charge >= 0.3 is 11.9 Å². The summed E-state index contributed by atoms with van der Waals surface area (Å²) in [5.41, 5.74) is 0. The first-order valence-corrected chi connectivity index (χ1v) is 5.43. The lowest BCUT2D eigenvalue weighted by Crippen LogP contribution is -2.12. The molecule has 0 saturated heterocycles. The van der Waals surface area contributed by atoms with Crippen LogP contribution in [0.1, 0.15) is 46.0 Å². The third-order valence-electron chi connectivity index (χ3n) is 2.07. The highest BCUT2D eigenvalue weighted by Gasteiger charge is 2.07. The Bertz CT molecular complexity index is 201. The zero-order valence-electron chi connectivity index (χ0n) is 9.49. The normalized spacial score (nSPS) is 12.1. The van der Waals surface area contributed by atoms with Crippen LogP contribution in [0.15, 0.2) is 0 Å². The highest BCUT2D eigenvalue weighted by Crippen LogP contribution is 2.08. The van der Waals surface area contributed by atoms with Gasteiger partial charge in [0.2, 0.25) is 0 Å². The number of aliphatic carboxylic acids is 1. The Labute approximate surface area is 90.6 Å². The van der Waals surface area contributed by atoms with Crippen molar-refractivity contribution in [3.63, 3.8) is 0 Å². The smallest absolute Gasteiger partial charge is 0.305 e. The number of carbonyl (C=O) groups is 2. The number of carboxylic acids is 1. The molecule has 0 aromatic rings. The van der Waals surface area contributed by atoms with Crippen LogP contribution in [0.4, 0.5) is 0 Å². The molecule has 0 radical (unpaired) electrons. The first-order chi connectivity index (χ1) is 7.06. The van der Waals surface area contributed by atoms with Gasteiger partial charge in [0.15, 0.2) is 0 Å². The number of carboxylic acid groups (broad SMARTS) is 1. The summed E-state index contributed by atoms with van der Waals surface area (Å²) in [5, 5.41) is 8.43. The van der Waals surface area contributed by atoms with Crippen LogP contribution < -0.4 is 0 Å². The molecule has 0 amide bonds. The SMILES string of the molecule is CCCC(=O)OCC(C)CCCC(=O)O. The fraction of sp³-hybridized carbons (Fsp3) is 0.818. The minimum absolute atomic E-state index is 0.164. The van der Waals surface area contributed by atoms with Crippen LogP contribution in [-0.2, 0) is 14.3 Å². The van der Waals surface area contributed by atoms with Gasteiger partial charge in [0.05, 0.1) is 6.61 Å². The van der Waals surface area contributed by atoms with E-state index in [1.165, 1.54) is 0 Å². The Morgan fingerprint density at radius 1 is 1.33 bits per heavy atom. The van der Waals surface area contributed by atoms with Crippen LogP contribution in [0.2, 0.25) is 0 Å². The largest absolute Gasteiger partial charge is 0.481 e. The van der Waals surface area contributed by atoms with Gasteiger partial charge in [0, 0.05) is 12.8 Å². The summed E-state index contributed by atoms with van der Waals surface area (Å²) in [4.78, 5) is 21.3. The number of hydrogen-bond acceptors (Lipinski definition) is 3. The van der Waals surface area contributed by atoms with E-state index in [0.717, 1.165) is 12.8 Å². The molecule has 0 aliphatic heterocycles. The fourth-order valence-electron chi connectivity index (χ4n) is 1.20. The second kappa shape index (κ2) is 8.26. The van der Waals surface area contributed by atoms with E-state index in [0.29, 0.717) is 19.4 Å². The summed E-state index contributed by atoms with van der Waals surface area (Å²) in [6.45, 7) is 4.29. The van der Waals surface area contributed by atoms with Crippen LogP contribution in [-0.4, -0.2) is 23.7 Å². The zero-order valence-corrected chi connectivity index (χ0v) is 9.49. The predicted octanol–water partition coefficient (Wildman–Crippen LogP) is 2.22. The number of carbonyl (C=O) groups excluding carboxylic acids is 1. The molecule has 0 aromatic carbocycles. The van der Waals surface area contributed by atoms with E-state index in [9.17, 15) is 9.59 Å². The van der Waals surface area contributed by atoms with Crippen LogP contribution >= 0.6 is 0 Å². The van der Waals surface area contributed by atoms with Crippen molar-refractivity contribution in [3.05, 3.63) is 0 Å². The quantitative estimate of drug-likeness (QED) is 0.632. The summed E-state index contributed by atoms with van der Waals surface area (Å²) in [7, 11) is 0. The van der Waals surface area contributed by atoms with Gasteiger partial charge in [-0.2, -0.15) is 0 Å². The average Bonchev–Trinajstić information content (AvgIpc) is 2.14. The van der Waals surface area contributed by atoms with Gasteiger partial charge in [-0.05, 0) is 25.2 Å². The molecule has 0 aliphatic carbocycles. The number of ether oxygens (including phenoxy) is 1. The van der Waals surface area contributed by atoms with E-state index in [1.54, 1.807) is 0 Å². The lowest BCUT2D eigenvalue weighted by molar-refractivity contribution is -0.145. The molecular weight excluding hydrogens is 196 g/mol. The van der Waals surface area contributed by atoms with Crippen LogP contribution in [0.3, 0.4) is 0 Å². The minimum atomic E-state index is -0.773. The van der Waals surface area contributed by atoms with Crippen molar-refractivity contribution >= 4 is 11.9 Å². The second-order valence-electron chi connectivity index (χ2n) is 3.82. The van der Waals surface area contributed by atoms with Gasteiger partial charge in [-0.25, -0.2) is 0 Å². The molecule has 4 nitrogen and oxygen atoms in total. The van der Waals surface area contributed by atoms with Crippen LogP contribution in [0.5, 0.6) is 0 Å². The monoisotopic (exact) mass is 216 g/mol. The van der Waals surface area contributed by atoms with Crippen molar-refractivity contribution in [1.29, 1.82) is 0 Å². The maximum Gasteiger partial charge on any atom is 0.305 e. The number of esters is 1. The molecule has 0 saturated carbocycles. The molecule has 1 unspecified atom stereocenters. The van der Waals surface area contributed by atoms with Crippen molar-refractivity contribution in [3.8, 4) is 0 Å². The van der Waals surface area contributed by atoms with E-state index < -0.39 is 5.97 Å².